The second kappa shape index (κ2) is 2.92. The van der Waals surface area contributed by atoms with Crippen LogP contribution >= 0.6 is 0 Å². The molecule has 0 bridgehead atoms. The molecule has 3 heteroatoms. The largest absolute Gasteiger partial charge is 0.372 e. The van der Waals surface area contributed by atoms with Crippen molar-refractivity contribution in [2.75, 3.05) is 6.61 Å². The maximum absolute atomic E-state index is 13.2. The van der Waals surface area contributed by atoms with Gasteiger partial charge in [0.1, 0.15) is 11.6 Å². The lowest BCUT2D eigenvalue weighted by Crippen LogP contribution is -2.10. The van der Waals surface area contributed by atoms with Crippen LogP contribution in [0.1, 0.15) is 11.1 Å². The van der Waals surface area contributed by atoms with Crippen LogP contribution in [-0.2, 0) is 11.3 Å². The van der Waals surface area contributed by atoms with Gasteiger partial charge in [-0.2, -0.15) is 0 Å². The van der Waals surface area contributed by atoms with Crippen molar-refractivity contribution in [3.63, 3.8) is 0 Å². The van der Waals surface area contributed by atoms with Gasteiger partial charge < -0.3 is 4.74 Å². The van der Waals surface area contributed by atoms with Crippen LogP contribution in [-0.4, -0.2) is 6.61 Å². The molecule has 1 aromatic rings. The Kier molecular flexibility index (Phi) is 1.88. The molecule has 13 heavy (non-hydrogen) atoms. The smallest absolute Gasteiger partial charge is 0.134 e. The third-order valence-electron chi connectivity index (χ3n) is 2.02. The Bertz CT molecular complexity index is 371. The van der Waals surface area contributed by atoms with Crippen molar-refractivity contribution in [1.29, 1.82) is 0 Å². The third-order valence-corrected chi connectivity index (χ3v) is 2.02. The van der Waals surface area contributed by atoms with Crippen molar-refractivity contribution in [2.45, 2.75) is 6.61 Å². The summed E-state index contributed by atoms with van der Waals surface area (Å²) in [4.78, 5) is 0. The Hall–Kier alpha value is -1.22. The van der Waals surface area contributed by atoms with E-state index in [2.05, 4.69) is 6.58 Å². The minimum Gasteiger partial charge on any atom is -0.372 e. The highest BCUT2D eigenvalue weighted by molar-refractivity contribution is 5.68. The minimum atomic E-state index is -0.574. The molecule has 1 nitrogen and oxygen atoms in total. The molecule has 0 aromatic heterocycles. The van der Waals surface area contributed by atoms with Crippen LogP contribution in [0, 0.1) is 11.6 Å². The monoisotopic (exact) mass is 182 g/mol. The Labute approximate surface area is 74.6 Å². The lowest BCUT2D eigenvalue weighted by Gasteiger charge is -2.19. The van der Waals surface area contributed by atoms with E-state index in [1.165, 1.54) is 6.07 Å². The maximum Gasteiger partial charge on any atom is 0.134 e. The van der Waals surface area contributed by atoms with Crippen molar-refractivity contribution in [2.24, 2.45) is 0 Å². The highest BCUT2D eigenvalue weighted by Gasteiger charge is 2.18. The van der Waals surface area contributed by atoms with E-state index >= 15 is 0 Å². The van der Waals surface area contributed by atoms with E-state index in [0.29, 0.717) is 23.3 Å². The number of ether oxygens (including phenoxy) is 1. The van der Waals surface area contributed by atoms with E-state index < -0.39 is 11.6 Å². The molecule has 0 saturated heterocycles. The predicted octanol–water partition coefficient (Wildman–Crippen LogP) is 2.51. The molecule has 0 aliphatic carbocycles. The third kappa shape index (κ3) is 1.35. The summed E-state index contributed by atoms with van der Waals surface area (Å²) in [5.74, 6) is -1.13. The summed E-state index contributed by atoms with van der Waals surface area (Å²) in [6.45, 7) is 4.23. The van der Waals surface area contributed by atoms with E-state index in [1.54, 1.807) is 0 Å². The maximum atomic E-state index is 13.2. The molecule has 0 amide bonds. The normalized spacial score (nSPS) is 15.7. The Balaban J connectivity index is 2.63. The van der Waals surface area contributed by atoms with Gasteiger partial charge in [0.25, 0.3) is 0 Å². The van der Waals surface area contributed by atoms with Crippen LogP contribution in [0.5, 0.6) is 0 Å². The summed E-state index contributed by atoms with van der Waals surface area (Å²) < 4.78 is 31.1. The Morgan fingerprint density at radius 3 is 2.77 bits per heavy atom. The van der Waals surface area contributed by atoms with Gasteiger partial charge in [0.2, 0.25) is 0 Å². The van der Waals surface area contributed by atoms with E-state index in [-0.39, 0.29) is 6.61 Å². The van der Waals surface area contributed by atoms with Crippen LogP contribution in [0.3, 0.4) is 0 Å². The molecule has 1 aromatic carbocycles. The summed E-state index contributed by atoms with van der Waals surface area (Å²) in [5, 5.41) is 0. The standard InChI is InChI=1S/C10H8F2O/c1-6-4-13-5-7-2-8(11)3-9(12)10(6)7/h2-3H,1,4-5H2. The molecule has 0 radical (unpaired) electrons. The van der Waals surface area contributed by atoms with Gasteiger partial charge in [0, 0.05) is 11.6 Å². The molecule has 1 aliphatic rings. The van der Waals surface area contributed by atoms with Crippen molar-refractivity contribution in [3.05, 3.63) is 41.5 Å². The molecule has 1 aliphatic heterocycles. The van der Waals surface area contributed by atoms with Crippen LogP contribution in [0.15, 0.2) is 18.7 Å². The van der Waals surface area contributed by atoms with E-state index in [1.807, 2.05) is 0 Å². The molecule has 2 rings (SSSR count). The molecule has 0 saturated carbocycles. The van der Waals surface area contributed by atoms with Crippen LogP contribution in [0.2, 0.25) is 0 Å². The average Bonchev–Trinajstić information content (AvgIpc) is 2.02. The SMILES string of the molecule is C=C1COCc2cc(F)cc(F)c21. The number of benzene rings is 1. The van der Waals surface area contributed by atoms with E-state index in [4.69, 9.17) is 4.74 Å². The van der Waals surface area contributed by atoms with Crippen molar-refractivity contribution in [3.8, 4) is 0 Å². The number of hydrogen-bond acceptors (Lipinski definition) is 1. The van der Waals surface area contributed by atoms with Crippen molar-refractivity contribution < 1.29 is 13.5 Å². The van der Waals surface area contributed by atoms with Gasteiger partial charge in [-0.3, -0.25) is 0 Å². The summed E-state index contributed by atoms with van der Waals surface area (Å²) >= 11 is 0. The summed E-state index contributed by atoms with van der Waals surface area (Å²) in [7, 11) is 0. The van der Waals surface area contributed by atoms with Gasteiger partial charge in [-0.25, -0.2) is 8.78 Å². The van der Waals surface area contributed by atoms with Crippen LogP contribution < -0.4 is 0 Å². The molecule has 0 spiro atoms. The first kappa shape index (κ1) is 8.38. The van der Waals surface area contributed by atoms with Crippen LogP contribution in [0.25, 0.3) is 5.57 Å². The first-order chi connectivity index (χ1) is 6.18. The lowest BCUT2D eigenvalue weighted by molar-refractivity contribution is 0.145. The van der Waals surface area contributed by atoms with Gasteiger partial charge >= 0.3 is 0 Å². The molecule has 68 valence electrons. The summed E-state index contributed by atoms with van der Waals surface area (Å²) in [6.07, 6.45) is 0. The van der Waals surface area contributed by atoms with Crippen molar-refractivity contribution in [1.82, 2.24) is 0 Å². The number of hydrogen-bond donors (Lipinski definition) is 0. The van der Waals surface area contributed by atoms with E-state index in [0.717, 1.165) is 6.07 Å². The number of rotatable bonds is 0. The lowest BCUT2D eigenvalue weighted by atomic mass is 9.99. The molecule has 0 fully saturated rings. The zero-order valence-corrected chi connectivity index (χ0v) is 6.94. The quantitative estimate of drug-likeness (QED) is 0.599. The molecule has 1 heterocycles. The number of halogens is 2. The molecular weight excluding hydrogens is 174 g/mol. The zero-order chi connectivity index (χ0) is 9.42. The zero-order valence-electron chi connectivity index (χ0n) is 6.94. The van der Waals surface area contributed by atoms with Gasteiger partial charge in [0.15, 0.2) is 0 Å². The van der Waals surface area contributed by atoms with E-state index in [9.17, 15) is 8.78 Å². The topological polar surface area (TPSA) is 9.23 Å². The fourth-order valence-electron chi connectivity index (χ4n) is 1.49. The average molecular weight is 182 g/mol. The predicted molar refractivity (Wildman–Crippen MR) is 45.0 cm³/mol. The summed E-state index contributed by atoms with van der Waals surface area (Å²) in [6, 6.07) is 2.15. The van der Waals surface area contributed by atoms with Crippen molar-refractivity contribution >= 4 is 5.57 Å². The van der Waals surface area contributed by atoms with Gasteiger partial charge in [-0.05, 0) is 17.2 Å². The Morgan fingerprint density at radius 1 is 1.23 bits per heavy atom. The molecule has 0 N–H and O–H groups in total. The first-order valence-electron chi connectivity index (χ1n) is 3.92. The van der Waals surface area contributed by atoms with Gasteiger partial charge in [-0.15, -0.1) is 0 Å². The minimum absolute atomic E-state index is 0.253. The fourth-order valence-corrected chi connectivity index (χ4v) is 1.49. The Morgan fingerprint density at radius 2 is 2.00 bits per heavy atom. The number of fused-ring (bicyclic) bond motifs is 1. The second-order valence-electron chi connectivity index (χ2n) is 3.02. The highest BCUT2D eigenvalue weighted by atomic mass is 19.1. The fraction of sp³-hybridized carbons (Fsp3) is 0.200. The molecule has 0 unspecified atom stereocenters. The van der Waals surface area contributed by atoms with Gasteiger partial charge in [-0.1, -0.05) is 6.58 Å². The van der Waals surface area contributed by atoms with Gasteiger partial charge in [0.05, 0.1) is 13.2 Å². The first-order valence-corrected chi connectivity index (χ1v) is 3.92. The molecular formula is C10H8F2O. The summed E-state index contributed by atoms with van der Waals surface area (Å²) in [5.41, 5.74) is 1.51. The van der Waals surface area contributed by atoms with Crippen LogP contribution in [0.4, 0.5) is 8.78 Å². The molecule has 0 atom stereocenters. The second-order valence-corrected chi connectivity index (χ2v) is 3.02. The highest BCUT2D eigenvalue weighted by Crippen LogP contribution is 2.27.